The number of hydrogen-bond donors (Lipinski definition) is 3. The standard InChI is InChI=1S/C3H5F3O9S3/c4-3(5,6)1(16(7,8)9)2(17(10,11)12)18(13,14)15/h1-2H,(H,7,8,9)(H,10,11,12)(H,13,14,15). The highest BCUT2D eigenvalue weighted by Gasteiger charge is 2.62. The van der Waals surface area contributed by atoms with E-state index in [4.69, 9.17) is 13.7 Å². The van der Waals surface area contributed by atoms with E-state index in [0.29, 0.717) is 0 Å². The van der Waals surface area contributed by atoms with Crippen LogP contribution < -0.4 is 0 Å². The lowest BCUT2D eigenvalue weighted by molar-refractivity contribution is -0.129. The van der Waals surface area contributed by atoms with E-state index in [9.17, 15) is 38.4 Å². The summed E-state index contributed by atoms with van der Waals surface area (Å²) in [5, 5.41) is -4.45. The Balaban J connectivity index is 6.38. The van der Waals surface area contributed by atoms with Crippen molar-refractivity contribution in [2.75, 3.05) is 0 Å². The molecule has 0 aromatic carbocycles. The second-order valence-corrected chi connectivity index (χ2v) is 7.79. The van der Waals surface area contributed by atoms with Gasteiger partial charge in [0.1, 0.15) is 0 Å². The first kappa shape index (κ1) is 17.5. The maximum atomic E-state index is 12.2. The van der Waals surface area contributed by atoms with Gasteiger partial charge in [-0.15, -0.1) is 0 Å². The quantitative estimate of drug-likeness (QED) is 0.540. The molecular formula is C3H5F3O9S3. The van der Waals surface area contributed by atoms with Gasteiger partial charge in [0.15, 0.2) is 0 Å². The molecule has 0 aromatic rings. The van der Waals surface area contributed by atoms with Crippen molar-refractivity contribution in [2.24, 2.45) is 0 Å². The highest BCUT2D eigenvalue weighted by atomic mass is 32.3. The van der Waals surface area contributed by atoms with Crippen LogP contribution in [0.25, 0.3) is 0 Å². The van der Waals surface area contributed by atoms with Crippen molar-refractivity contribution in [1.82, 2.24) is 0 Å². The summed E-state index contributed by atoms with van der Waals surface area (Å²) in [6.45, 7) is 0. The molecule has 9 nitrogen and oxygen atoms in total. The third-order valence-electron chi connectivity index (χ3n) is 1.48. The molecule has 0 bridgehead atoms. The number of hydrogen-bond acceptors (Lipinski definition) is 6. The first-order chi connectivity index (χ1) is 7.49. The molecule has 0 rings (SSSR count). The van der Waals surface area contributed by atoms with Crippen LogP contribution >= 0.6 is 0 Å². The van der Waals surface area contributed by atoms with Crippen LogP contribution in [0.5, 0.6) is 0 Å². The zero-order valence-electron chi connectivity index (χ0n) is 7.80. The van der Waals surface area contributed by atoms with E-state index in [1.165, 1.54) is 0 Å². The van der Waals surface area contributed by atoms with E-state index in [2.05, 4.69) is 0 Å². The fourth-order valence-corrected chi connectivity index (χ4v) is 5.40. The molecule has 110 valence electrons. The Labute approximate surface area is 98.9 Å². The Morgan fingerprint density at radius 2 is 1.00 bits per heavy atom. The predicted molar refractivity (Wildman–Crippen MR) is 48.3 cm³/mol. The molecule has 1 atom stereocenters. The van der Waals surface area contributed by atoms with Crippen LogP contribution in [0.3, 0.4) is 0 Å². The van der Waals surface area contributed by atoms with Crippen LogP contribution in [0.2, 0.25) is 0 Å². The van der Waals surface area contributed by atoms with E-state index in [1.807, 2.05) is 0 Å². The van der Waals surface area contributed by atoms with Crippen molar-refractivity contribution in [3.8, 4) is 0 Å². The number of halogens is 3. The molecule has 3 N–H and O–H groups in total. The lowest BCUT2D eigenvalue weighted by atomic mass is 10.5. The normalized spacial score (nSPS) is 16.8. The summed E-state index contributed by atoms with van der Waals surface area (Å²) in [6.07, 6.45) is -6.08. The van der Waals surface area contributed by atoms with Gasteiger partial charge < -0.3 is 0 Å². The summed E-state index contributed by atoms with van der Waals surface area (Å²) in [7, 11) is -18.7. The van der Waals surface area contributed by atoms with Gasteiger partial charge >= 0.3 is 6.18 Å². The van der Waals surface area contributed by atoms with Gasteiger partial charge in [0.25, 0.3) is 30.4 Å². The maximum Gasteiger partial charge on any atom is 0.410 e. The third-order valence-corrected chi connectivity index (χ3v) is 6.18. The molecule has 0 aliphatic heterocycles. The Morgan fingerprint density at radius 3 is 1.06 bits per heavy atom. The van der Waals surface area contributed by atoms with Crippen molar-refractivity contribution in [2.45, 2.75) is 16.0 Å². The molecule has 0 aliphatic rings. The largest absolute Gasteiger partial charge is 0.410 e. The fraction of sp³-hybridized carbons (Fsp3) is 1.00. The minimum absolute atomic E-state index is 4.21. The van der Waals surface area contributed by atoms with Crippen molar-refractivity contribution < 1.29 is 52.1 Å². The molecule has 0 aromatic heterocycles. The lowest BCUT2D eigenvalue weighted by Gasteiger charge is -2.22. The Bertz CT molecular complexity index is 578. The van der Waals surface area contributed by atoms with Crippen LogP contribution in [-0.4, -0.2) is 54.9 Å². The van der Waals surface area contributed by atoms with Crippen LogP contribution in [0, 0.1) is 0 Å². The fourth-order valence-electron chi connectivity index (χ4n) is 0.930. The first-order valence-electron chi connectivity index (χ1n) is 3.44. The third kappa shape index (κ3) is 4.32. The van der Waals surface area contributed by atoms with Crippen molar-refractivity contribution in [3.63, 3.8) is 0 Å². The summed E-state index contributed by atoms with van der Waals surface area (Å²) < 4.78 is 120. The molecule has 0 heterocycles. The number of rotatable bonds is 4. The lowest BCUT2D eigenvalue weighted by Crippen LogP contribution is -2.52. The molecule has 15 heteroatoms. The molecule has 0 saturated carbocycles. The molecule has 0 aliphatic carbocycles. The molecular weight excluding hydrogens is 333 g/mol. The molecule has 1 unspecified atom stereocenters. The molecule has 0 fully saturated rings. The average molecular weight is 338 g/mol. The summed E-state index contributed by atoms with van der Waals surface area (Å²) in [5.41, 5.74) is 0. The minimum atomic E-state index is -6.29. The maximum absolute atomic E-state index is 12.2. The van der Waals surface area contributed by atoms with Crippen LogP contribution in [0.1, 0.15) is 0 Å². The molecule has 0 spiro atoms. The van der Waals surface area contributed by atoms with Gasteiger partial charge in [-0.3, -0.25) is 13.7 Å². The van der Waals surface area contributed by atoms with Gasteiger partial charge in [0.05, 0.1) is 0 Å². The van der Waals surface area contributed by atoms with Crippen LogP contribution in [0.15, 0.2) is 0 Å². The van der Waals surface area contributed by atoms with Gasteiger partial charge in [-0.05, 0) is 0 Å². The number of alkyl halides is 3. The van der Waals surface area contributed by atoms with E-state index < -0.39 is 46.4 Å². The predicted octanol–water partition coefficient (Wildman–Crippen LogP) is -1.09. The van der Waals surface area contributed by atoms with E-state index >= 15 is 0 Å². The SMILES string of the molecule is O=S(=O)(O)C(C(S(=O)(=O)O)S(=O)(=O)O)C(F)(F)F. The van der Waals surface area contributed by atoms with Gasteiger partial charge in [-0.25, -0.2) is 0 Å². The molecule has 0 saturated heterocycles. The van der Waals surface area contributed by atoms with Gasteiger partial charge in [-0.1, -0.05) is 0 Å². The van der Waals surface area contributed by atoms with Gasteiger partial charge in [-0.2, -0.15) is 38.4 Å². The zero-order chi connectivity index (χ0) is 15.2. The smallest absolute Gasteiger partial charge is 0.285 e. The minimum Gasteiger partial charge on any atom is -0.285 e. The molecule has 0 amide bonds. The molecule has 0 radical (unpaired) electrons. The van der Waals surface area contributed by atoms with Gasteiger partial charge in [0.2, 0.25) is 9.83 Å². The second kappa shape index (κ2) is 4.57. The highest BCUT2D eigenvalue weighted by Crippen LogP contribution is 2.32. The Kier molecular flexibility index (Phi) is 4.44. The van der Waals surface area contributed by atoms with Gasteiger partial charge in [0, 0.05) is 0 Å². The molecule has 18 heavy (non-hydrogen) atoms. The first-order valence-corrected chi connectivity index (χ1v) is 7.95. The van der Waals surface area contributed by atoms with E-state index in [1.54, 1.807) is 0 Å². The monoisotopic (exact) mass is 338 g/mol. The summed E-state index contributed by atoms with van der Waals surface area (Å²) in [4.78, 5) is 0. The average Bonchev–Trinajstić information content (AvgIpc) is 1.89. The summed E-state index contributed by atoms with van der Waals surface area (Å²) in [6, 6.07) is 0. The van der Waals surface area contributed by atoms with Crippen LogP contribution in [-0.2, 0) is 30.4 Å². The topological polar surface area (TPSA) is 163 Å². The second-order valence-electron chi connectivity index (χ2n) is 2.88. The van der Waals surface area contributed by atoms with E-state index in [-0.39, 0.29) is 0 Å². The van der Waals surface area contributed by atoms with Crippen molar-refractivity contribution >= 4 is 30.4 Å². The Morgan fingerprint density at radius 1 is 0.722 bits per heavy atom. The summed E-state index contributed by atoms with van der Waals surface area (Å²) in [5.74, 6) is 0. The zero-order valence-corrected chi connectivity index (χ0v) is 10.3. The van der Waals surface area contributed by atoms with Crippen LogP contribution in [0.4, 0.5) is 13.2 Å². The van der Waals surface area contributed by atoms with E-state index in [0.717, 1.165) is 0 Å². The van der Waals surface area contributed by atoms with Crippen molar-refractivity contribution in [3.05, 3.63) is 0 Å². The highest BCUT2D eigenvalue weighted by molar-refractivity contribution is 8.05. The summed E-state index contributed by atoms with van der Waals surface area (Å²) >= 11 is 0. The Hall–Kier alpha value is -0.480. The van der Waals surface area contributed by atoms with Crippen molar-refractivity contribution in [1.29, 1.82) is 0 Å².